The lowest BCUT2D eigenvalue weighted by atomic mass is 10.1. The third-order valence-electron chi connectivity index (χ3n) is 1.37. The first kappa shape index (κ1) is 8.26. The van der Waals surface area contributed by atoms with Crippen LogP contribution in [0, 0.1) is 0 Å². The standard InChI is InChI=1S/C8H4O4/c9-3-5-1-2-7(11)8(12)6(5)4-10/h1-2,11-12H. The van der Waals surface area contributed by atoms with E-state index in [-0.39, 0.29) is 11.1 Å². The van der Waals surface area contributed by atoms with Crippen molar-refractivity contribution in [1.29, 1.82) is 0 Å². The minimum atomic E-state index is -0.647. The molecule has 0 saturated heterocycles. The fourth-order valence-electron chi connectivity index (χ4n) is 0.769. The predicted octanol–water partition coefficient (Wildman–Crippen LogP) is 0.0134. The molecule has 4 nitrogen and oxygen atoms in total. The molecule has 1 aromatic rings. The van der Waals surface area contributed by atoms with Gasteiger partial charge in [0.25, 0.3) is 0 Å². The Balaban J connectivity index is 3.45. The first-order valence-corrected chi connectivity index (χ1v) is 3.02. The highest BCUT2D eigenvalue weighted by atomic mass is 16.3. The molecule has 1 rings (SSSR count). The van der Waals surface area contributed by atoms with E-state index in [1.165, 1.54) is 18.6 Å². The summed E-state index contributed by atoms with van der Waals surface area (Å²) in [6, 6.07) is 2.26. The Morgan fingerprint density at radius 1 is 1.08 bits per heavy atom. The third-order valence-corrected chi connectivity index (χ3v) is 1.37. The van der Waals surface area contributed by atoms with Crippen LogP contribution in [0.2, 0.25) is 0 Å². The van der Waals surface area contributed by atoms with E-state index in [9.17, 15) is 9.59 Å². The fourth-order valence-corrected chi connectivity index (χ4v) is 0.769. The molecule has 2 radical (unpaired) electrons. The second-order valence-electron chi connectivity index (χ2n) is 2.06. The highest BCUT2D eigenvalue weighted by Crippen LogP contribution is 2.28. The quantitative estimate of drug-likeness (QED) is 0.604. The number of phenols is 2. The van der Waals surface area contributed by atoms with Crippen molar-refractivity contribution < 1.29 is 19.8 Å². The van der Waals surface area contributed by atoms with E-state index in [0.717, 1.165) is 6.07 Å². The van der Waals surface area contributed by atoms with E-state index in [0.29, 0.717) is 0 Å². The summed E-state index contributed by atoms with van der Waals surface area (Å²) in [6.07, 6.45) is 2.76. The van der Waals surface area contributed by atoms with Gasteiger partial charge in [0.1, 0.15) is 0 Å². The van der Waals surface area contributed by atoms with Gasteiger partial charge in [-0.15, -0.1) is 0 Å². The van der Waals surface area contributed by atoms with Crippen LogP contribution >= 0.6 is 0 Å². The van der Waals surface area contributed by atoms with Crippen LogP contribution in [-0.4, -0.2) is 22.8 Å². The second-order valence-corrected chi connectivity index (χ2v) is 2.06. The summed E-state index contributed by atoms with van der Waals surface area (Å²) in [6.45, 7) is 0. The molecule has 0 saturated carbocycles. The van der Waals surface area contributed by atoms with Gasteiger partial charge in [0.2, 0.25) is 12.6 Å². The summed E-state index contributed by atoms with van der Waals surface area (Å²) in [5.74, 6) is -1.11. The van der Waals surface area contributed by atoms with E-state index >= 15 is 0 Å². The number of aromatic hydroxyl groups is 2. The molecule has 2 N–H and O–H groups in total. The predicted molar refractivity (Wildman–Crippen MR) is 39.4 cm³/mol. The molecule has 0 unspecified atom stereocenters. The van der Waals surface area contributed by atoms with Crippen molar-refractivity contribution in [3.8, 4) is 11.5 Å². The van der Waals surface area contributed by atoms with Gasteiger partial charge >= 0.3 is 0 Å². The number of rotatable bonds is 2. The number of hydrogen-bond donors (Lipinski definition) is 2. The van der Waals surface area contributed by atoms with Crippen LogP contribution in [-0.2, 0) is 9.59 Å². The molecule has 60 valence electrons. The van der Waals surface area contributed by atoms with Gasteiger partial charge in [-0.25, -0.2) is 0 Å². The average Bonchev–Trinajstić information content (AvgIpc) is 2.09. The van der Waals surface area contributed by atoms with Crippen LogP contribution < -0.4 is 0 Å². The van der Waals surface area contributed by atoms with Crippen LogP contribution in [0.15, 0.2) is 12.1 Å². The summed E-state index contributed by atoms with van der Waals surface area (Å²) >= 11 is 0. The Hall–Kier alpha value is -1.84. The van der Waals surface area contributed by atoms with Crippen molar-refractivity contribution in [2.24, 2.45) is 0 Å². The highest BCUT2D eigenvalue weighted by molar-refractivity contribution is 5.94. The first-order valence-electron chi connectivity index (χ1n) is 3.02. The van der Waals surface area contributed by atoms with Gasteiger partial charge in [0.05, 0.1) is 5.56 Å². The Morgan fingerprint density at radius 2 is 1.75 bits per heavy atom. The monoisotopic (exact) mass is 164 g/mol. The molecule has 0 atom stereocenters. The number of benzene rings is 1. The minimum Gasteiger partial charge on any atom is -0.504 e. The minimum absolute atomic E-state index is 0.125. The average molecular weight is 164 g/mol. The molecule has 0 bridgehead atoms. The van der Waals surface area contributed by atoms with Gasteiger partial charge in [-0.2, -0.15) is 0 Å². The molecular weight excluding hydrogens is 160 g/mol. The van der Waals surface area contributed by atoms with Crippen LogP contribution in [0.5, 0.6) is 11.5 Å². The summed E-state index contributed by atoms with van der Waals surface area (Å²) in [5, 5.41) is 17.9. The largest absolute Gasteiger partial charge is 0.504 e. The molecule has 0 fully saturated rings. The zero-order valence-electron chi connectivity index (χ0n) is 5.87. The van der Waals surface area contributed by atoms with Crippen molar-refractivity contribution in [3.63, 3.8) is 0 Å². The SMILES string of the molecule is O=[C]c1ccc(O)c(O)c1[C]=O. The molecule has 4 heteroatoms. The Kier molecular flexibility index (Phi) is 2.09. The van der Waals surface area contributed by atoms with Crippen molar-refractivity contribution in [2.45, 2.75) is 0 Å². The van der Waals surface area contributed by atoms with Gasteiger partial charge in [-0.05, 0) is 12.1 Å². The summed E-state index contributed by atoms with van der Waals surface area (Å²) in [5.41, 5.74) is -0.495. The Bertz CT molecular complexity index is 330. The maximum atomic E-state index is 10.2. The molecule has 0 aliphatic heterocycles. The maximum Gasteiger partial charge on any atom is 0.238 e. The van der Waals surface area contributed by atoms with Crippen LogP contribution in [0.3, 0.4) is 0 Å². The molecule has 0 aliphatic carbocycles. The molecule has 12 heavy (non-hydrogen) atoms. The van der Waals surface area contributed by atoms with Gasteiger partial charge in [-0.1, -0.05) is 0 Å². The molecular formula is C8H4O4. The smallest absolute Gasteiger partial charge is 0.238 e. The summed E-state index contributed by atoms with van der Waals surface area (Å²) in [7, 11) is 0. The van der Waals surface area contributed by atoms with Crippen molar-refractivity contribution in [2.75, 3.05) is 0 Å². The first-order chi connectivity index (χ1) is 5.70. The second kappa shape index (κ2) is 3.04. The van der Waals surface area contributed by atoms with Gasteiger partial charge in [-0.3, -0.25) is 9.59 Å². The molecule has 0 aliphatic rings. The lowest BCUT2D eigenvalue weighted by molar-refractivity contribution is 0.402. The van der Waals surface area contributed by atoms with Crippen LogP contribution in [0.25, 0.3) is 0 Å². The molecule has 1 aromatic carbocycles. The molecule has 0 heterocycles. The molecule has 0 aromatic heterocycles. The van der Waals surface area contributed by atoms with Gasteiger partial charge < -0.3 is 10.2 Å². The van der Waals surface area contributed by atoms with E-state index in [1.54, 1.807) is 0 Å². The summed E-state index contributed by atoms with van der Waals surface area (Å²) in [4.78, 5) is 20.3. The number of phenolic OH excluding ortho intramolecular Hbond substituents is 2. The Morgan fingerprint density at radius 3 is 2.25 bits per heavy atom. The summed E-state index contributed by atoms with van der Waals surface area (Å²) < 4.78 is 0. The molecule has 0 spiro atoms. The van der Waals surface area contributed by atoms with E-state index < -0.39 is 11.5 Å². The van der Waals surface area contributed by atoms with E-state index in [2.05, 4.69) is 0 Å². The zero-order valence-corrected chi connectivity index (χ0v) is 5.87. The highest BCUT2D eigenvalue weighted by Gasteiger charge is 2.11. The van der Waals surface area contributed by atoms with Crippen molar-refractivity contribution in [1.82, 2.24) is 0 Å². The topological polar surface area (TPSA) is 74.6 Å². The lowest BCUT2D eigenvalue weighted by Crippen LogP contribution is -1.91. The van der Waals surface area contributed by atoms with Crippen LogP contribution in [0.4, 0.5) is 0 Å². The van der Waals surface area contributed by atoms with E-state index in [4.69, 9.17) is 10.2 Å². The molecule has 0 amide bonds. The lowest BCUT2D eigenvalue weighted by Gasteiger charge is -2.00. The Labute approximate surface area is 68.1 Å². The van der Waals surface area contributed by atoms with Crippen LogP contribution in [0.1, 0.15) is 11.1 Å². The van der Waals surface area contributed by atoms with Crippen molar-refractivity contribution >= 4 is 12.6 Å². The fraction of sp³-hybridized carbons (Fsp3) is 0. The van der Waals surface area contributed by atoms with Gasteiger partial charge in [0.15, 0.2) is 11.5 Å². The number of hydrogen-bond acceptors (Lipinski definition) is 4. The number of carbonyl (C=O) groups excluding carboxylic acids is 2. The van der Waals surface area contributed by atoms with Crippen molar-refractivity contribution in [3.05, 3.63) is 23.3 Å². The third kappa shape index (κ3) is 1.14. The van der Waals surface area contributed by atoms with Gasteiger partial charge in [0, 0.05) is 5.56 Å². The zero-order chi connectivity index (χ0) is 9.14. The van der Waals surface area contributed by atoms with E-state index in [1.807, 2.05) is 0 Å². The normalized spacial score (nSPS) is 9.33. The maximum absolute atomic E-state index is 10.2.